The van der Waals surface area contributed by atoms with Crippen molar-refractivity contribution in [3.63, 3.8) is 0 Å². The highest BCUT2D eigenvalue weighted by Crippen LogP contribution is 2.49. The maximum atomic E-state index is 12.5. The minimum atomic E-state index is -0.346. The summed E-state index contributed by atoms with van der Waals surface area (Å²) in [5, 5.41) is 21.9. The molecule has 0 saturated carbocycles. The SMILES string of the molecule is COc1ccc2c(c1O)-c1cc(ccc1O)/C=C\C(=O)OC1CC3CCCCN3C2C1. The number of hydrogen-bond donors (Lipinski definition) is 2. The first kappa shape index (κ1) is 19.9. The van der Waals surface area contributed by atoms with Crippen LogP contribution in [-0.2, 0) is 9.53 Å². The third-order valence-corrected chi connectivity index (χ3v) is 6.83. The number of piperidine rings is 2. The molecule has 6 heteroatoms. The average molecular weight is 421 g/mol. The molecule has 31 heavy (non-hydrogen) atoms. The van der Waals surface area contributed by atoms with Crippen LogP contribution < -0.4 is 4.74 Å². The van der Waals surface area contributed by atoms with Crippen molar-refractivity contribution in [2.45, 2.75) is 50.3 Å². The first-order chi connectivity index (χ1) is 15.0. The summed E-state index contributed by atoms with van der Waals surface area (Å²) in [4.78, 5) is 15.0. The summed E-state index contributed by atoms with van der Waals surface area (Å²) in [5.41, 5.74) is 2.76. The zero-order chi connectivity index (χ0) is 21.5. The first-order valence-corrected chi connectivity index (χ1v) is 10.9. The number of rotatable bonds is 1. The second kappa shape index (κ2) is 7.93. The predicted octanol–water partition coefficient (Wildman–Crippen LogP) is 4.40. The van der Waals surface area contributed by atoms with E-state index in [-0.39, 0.29) is 29.6 Å². The quantitative estimate of drug-likeness (QED) is 0.665. The zero-order valence-electron chi connectivity index (χ0n) is 17.6. The average Bonchev–Trinajstić information content (AvgIpc) is 2.77. The van der Waals surface area contributed by atoms with E-state index < -0.39 is 0 Å². The number of carbonyl (C=O) groups excluding carboxylic acids is 1. The van der Waals surface area contributed by atoms with Crippen LogP contribution in [0.2, 0.25) is 0 Å². The molecule has 0 spiro atoms. The van der Waals surface area contributed by atoms with E-state index >= 15 is 0 Å². The summed E-state index contributed by atoms with van der Waals surface area (Å²) in [6.07, 6.45) is 7.75. The molecule has 2 N–H and O–H groups in total. The highest BCUT2D eigenvalue weighted by atomic mass is 16.5. The number of benzene rings is 2. The lowest BCUT2D eigenvalue weighted by atomic mass is 9.81. The molecule has 0 aromatic heterocycles. The fraction of sp³-hybridized carbons (Fsp3) is 0.400. The molecule has 0 amide bonds. The standard InChI is InChI=1S/C25H27NO5/c1-30-22-9-7-18-20-14-17(13-16-4-2-3-11-26(16)20)31-23(28)10-6-15-5-8-21(27)19(12-15)24(18)25(22)29/h5-10,12,16-17,20,27,29H,2-4,11,13-14H2,1H3/b10-6-. The predicted molar refractivity (Wildman–Crippen MR) is 117 cm³/mol. The largest absolute Gasteiger partial charge is 0.507 e. The van der Waals surface area contributed by atoms with Crippen LogP contribution in [0.1, 0.15) is 49.3 Å². The van der Waals surface area contributed by atoms with Crippen molar-refractivity contribution in [2.24, 2.45) is 0 Å². The van der Waals surface area contributed by atoms with Crippen molar-refractivity contribution < 1.29 is 24.5 Å². The molecule has 2 aromatic rings. The van der Waals surface area contributed by atoms with E-state index in [0.29, 0.717) is 29.3 Å². The Labute approximate surface area is 181 Å². The van der Waals surface area contributed by atoms with Gasteiger partial charge in [0.25, 0.3) is 0 Å². The highest BCUT2D eigenvalue weighted by molar-refractivity contribution is 5.88. The highest BCUT2D eigenvalue weighted by Gasteiger charge is 2.40. The number of carbonyl (C=O) groups is 1. The fourth-order valence-electron chi connectivity index (χ4n) is 5.41. The van der Waals surface area contributed by atoms with E-state index in [1.807, 2.05) is 6.07 Å². The molecule has 2 aromatic carbocycles. The number of nitrogens with zero attached hydrogens (tertiary/aromatic N) is 1. The monoisotopic (exact) mass is 421 g/mol. The Kier molecular flexibility index (Phi) is 5.10. The minimum absolute atomic E-state index is 0.0150. The molecule has 2 fully saturated rings. The van der Waals surface area contributed by atoms with Crippen LogP contribution in [0.4, 0.5) is 0 Å². The van der Waals surface area contributed by atoms with Gasteiger partial charge in [0.15, 0.2) is 11.5 Å². The molecule has 3 aliphatic rings. The Balaban J connectivity index is 1.76. The molecule has 3 unspecified atom stereocenters. The van der Waals surface area contributed by atoms with Gasteiger partial charge in [-0.3, -0.25) is 4.90 Å². The summed E-state index contributed by atoms with van der Waals surface area (Å²) in [7, 11) is 1.52. The van der Waals surface area contributed by atoms with Crippen LogP contribution in [-0.4, -0.2) is 46.9 Å². The second-order valence-electron chi connectivity index (χ2n) is 8.62. The number of phenolic OH excluding ortho intramolecular Hbond substituents is 2. The van der Waals surface area contributed by atoms with E-state index in [0.717, 1.165) is 43.4 Å². The maximum Gasteiger partial charge on any atom is 0.331 e. The molecule has 162 valence electrons. The molecule has 3 atom stereocenters. The van der Waals surface area contributed by atoms with E-state index in [1.165, 1.54) is 13.2 Å². The van der Waals surface area contributed by atoms with Crippen LogP contribution in [0.5, 0.6) is 17.2 Å². The van der Waals surface area contributed by atoms with E-state index in [4.69, 9.17) is 9.47 Å². The molecule has 3 heterocycles. The van der Waals surface area contributed by atoms with Gasteiger partial charge in [0.05, 0.1) is 7.11 Å². The number of fused-ring (bicyclic) bond motifs is 9. The van der Waals surface area contributed by atoms with Gasteiger partial charge in [-0.2, -0.15) is 0 Å². The molecular formula is C25H27NO5. The van der Waals surface area contributed by atoms with Crippen molar-refractivity contribution in [2.75, 3.05) is 13.7 Å². The number of ether oxygens (including phenoxy) is 2. The van der Waals surface area contributed by atoms with Gasteiger partial charge < -0.3 is 19.7 Å². The lowest BCUT2D eigenvalue weighted by Gasteiger charge is -2.48. The van der Waals surface area contributed by atoms with Crippen LogP contribution in [0.3, 0.4) is 0 Å². The van der Waals surface area contributed by atoms with Gasteiger partial charge in [-0.05, 0) is 54.8 Å². The van der Waals surface area contributed by atoms with Crippen molar-refractivity contribution in [3.8, 4) is 28.4 Å². The van der Waals surface area contributed by atoms with E-state index in [9.17, 15) is 15.0 Å². The Morgan fingerprint density at radius 2 is 1.97 bits per heavy atom. The first-order valence-electron chi connectivity index (χ1n) is 10.9. The maximum absolute atomic E-state index is 12.5. The van der Waals surface area contributed by atoms with Crippen LogP contribution in [0.25, 0.3) is 17.2 Å². The smallest absolute Gasteiger partial charge is 0.331 e. The third-order valence-electron chi connectivity index (χ3n) is 6.83. The number of phenols is 2. The lowest BCUT2D eigenvalue weighted by Crippen LogP contribution is -2.49. The number of aromatic hydroxyl groups is 2. The molecule has 2 saturated heterocycles. The third kappa shape index (κ3) is 3.55. The topological polar surface area (TPSA) is 79.2 Å². The summed E-state index contributed by atoms with van der Waals surface area (Å²) < 4.78 is 11.2. The Bertz CT molecular complexity index is 1050. The normalized spacial score (nSPS) is 26.5. The van der Waals surface area contributed by atoms with Crippen molar-refractivity contribution in [1.29, 1.82) is 0 Å². The molecule has 4 bridgehead atoms. The molecule has 0 radical (unpaired) electrons. The zero-order valence-corrected chi connectivity index (χ0v) is 17.6. The van der Waals surface area contributed by atoms with Gasteiger partial charge in [-0.25, -0.2) is 4.79 Å². The van der Waals surface area contributed by atoms with Gasteiger partial charge >= 0.3 is 5.97 Å². The van der Waals surface area contributed by atoms with Crippen molar-refractivity contribution >= 4 is 12.0 Å². The van der Waals surface area contributed by atoms with Crippen LogP contribution in [0.15, 0.2) is 36.4 Å². The van der Waals surface area contributed by atoms with Crippen molar-refractivity contribution in [3.05, 3.63) is 47.5 Å². The lowest BCUT2D eigenvalue weighted by molar-refractivity contribution is -0.148. The Hall–Kier alpha value is -2.99. The summed E-state index contributed by atoms with van der Waals surface area (Å²) >= 11 is 0. The van der Waals surface area contributed by atoms with Gasteiger partial charge in [0.2, 0.25) is 0 Å². The van der Waals surface area contributed by atoms with Gasteiger partial charge in [0.1, 0.15) is 11.9 Å². The van der Waals surface area contributed by atoms with E-state index in [2.05, 4.69) is 4.90 Å². The molecule has 3 aliphatic heterocycles. The summed E-state index contributed by atoms with van der Waals surface area (Å²) in [6.45, 7) is 0.966. The summed E-state index contributed by atoms with van der Waals surface area (Å²) in [6, 6.07) is 9.14. The van der Waals surface area contributed by atoms with E-state index in [1.54, 1.807) is 30.3 Å². The number of methoxy groups -OCH3 is 1. The summed E-state index contributed by atoms with van der Waals surface area (Å²) in [5.74, 6) is 0.103. The number of esters is 1. The molecule has 5 rings (SSSR count). The molecular weight excluding hydrogens is 394 g/mol. The Morgan fingerprint density at radius 3 is 2.81 bits per heavy atom. The van der Waals surface area contributed by atoms with Gasteiger partial charge in [0, 0.05) is 42.1 Å². The number of hydrogen-bond acceptors (Lipinski definition) is 6. The van der Waals surface area contributed by atoms with Crippen LogP contribution >= 0.6 is 0 Å². The van der Waals surface area contributed by atoms with Gasteiger partial charge in [-0.15, -0.1) is 0 Å². The van der Waals surface area contributed by atoms with Crippen LogP contribution in [0, 0.1) is 0 Å². The molecule has 0 aliphatic carbocycles. The van der Waals surface area contributed by atoms with Gasteiger partial charge in [-0.1, -0.05) is 18.6 Å². The minimum Gasteiger partial charge on any atom is -0.507 e. The Morgan fingerprint density at radius 1 is 1.10 bits per heavy atom. The fourth-order valence-corrected chi connectivity index (χ4v) is 5.41. The molecule has 6 nitrogen and oxygen atoms in total. The van der Waals surface area contributed by atoms with Crippen molar-refractivity contribution in [1.82, 2.24) is 4.90 Å². The second-order valence-corrected chi connectivity index (χ2v) is 8.62.